The number of hydrogen-bond donors (Lipinski definition) is 2. The largest absolute Gasteiger partial charge is 0.467 e. The Kier molecular flexibility index (Phi) is 4.88. The zero-order chi connectivity index (χ0) is 19.5. The molecule has 3 heterocycles. The van der Waals surface area contributed by atoms with Crippen molar-refractivity contribution in [3.8, 4) is 11.5 Å². The number of benzene rings is 1. The van der Waals surface area contributed by atoms with Gasteiger partial charge in [-0.1, -0.05) is 6.07 Å². The summed E-state index contributed by atoms with van der Waals surface area (Å²) in [5.74, 6) is 1.30. The summed E-state index contributed by atoms with van der Waals surface area (Å²) in [7, 11) is 0. The Morgan fingerprint density at radius 1 is 1.21 bits per heavy atom. The molecule has 4 rings (SSSR count). The van der Waals surface area contributed by atoms with Crippen LogP contribution < -0.4 is 20.1 Å². The highest BCUT2D eigenvalue weighted by molar-refractivity contribution is 6.04. The lowest BCUT2D eigenvalue weighted by Crippen LogP contribution is -2.32. The fourth-order valence-corrected chi connectivity index (χ4v) is 3.10. The maximum absolute atomic E-state index is 12.4. The normalized spacial score (nSPS) is 17.7. The molecule has 146 valence electrons. The molecule has 0 radical (unpaired) electrons. The summed E-state index contributed by atoms with van der Waals surface area (Å²) in [4.78, 5) is 37.6. The second-order valence-corrected chi connectivity index (χ2v) is 6.51. The van der Waals surface area contributed by atoms with Gasteiger partial charge in [0.25, 0.3) is 5.91 Å². The van der Waals surface area contributed by atoms with Crippen molar-refractivity contribution in [1.82, 2.24) is 15.5 Å². The molecule has 4 amide bonds. The first-order valence-corrected chi connectivity index (χ1v) is 8.89. The molecule has 1 aromatic heterocycles. The number of carbonyl (C=O) groups excluding carboxylic acids is 3. The van der Waals surface area contributed by atoms with E-state index in [2.05, 4.69) is 10.6 Å². The van der Waals surface area contributed by atoms with Crippen molar-refractivity contribution in [2.75, 3.05) is 6.79 Å². The van der Waals surface area contributed by atoms with Gasteiger partial charge >= 0.3 is 6.03 Å². The number of rotatable bonds is 7. The number of amides is 4. The van der Waals surface area contributed by atoms with Gasteiger partial charge in [-0.3, -0.25) is 14.5 Å². The number of fused-ring (bicyclic) bond motifs is 1. The van der Waals surface area contributed by atoms with Gasteiger partial charge in [0, 0.05) is 13.0 Å². The van der Waals surface area contributed by atoms with Crippen LogP contribution in [-0.2, 0) is 22.7 Å². The smallest absolute Gasteiger partial charge is 0.325 e. The molecule has 1 fully saturated rings. The molecule has 2 N–H and O–H groups in total. The van der Waals surface area contributed by atoms with Gasteiger partial charge in [0.2, 0.25) is 12.7 Å². The number of hydrogen-bond acceptors (Lipinski definition) is 6. The van der Waals surface area contributed by atoms with Crippen LogP contribution in [0.25, 0.3) is 0 Å². The maximum atomic E-state index is 12.4. The van der Waals surface area contributed by atoms with E-state index in [0.29, 0.717) is 23.8 Å². The van der Waals surface area contributed by atoms with Gasteiger partial charge in [-0.2, -0.15) is 0 Å². The van der Waals surface area contributed by atoms with E-state index in [1.54, 1.807) is 18.2 Å². The fourth-order valence-electron chi connectivity index (χ4n) is 3.10. The number of furan rings is 1. The molecule has 1 atom stereocenters. The lowest BCUT2D eigenvalue weighted by atomic mass is 10.1. The molecule has 2 aliphatic heterocycles. The van der Waals surface area contributed by atoms with Crippen LogP contribution in [-0.4, -0.2) is 35.6 Å². The Morgan fingerprint density at radius 3 is 2.89 bits per heavy atom. The SMILES string of the molecule is O=C(CCC1NC(=O)N(Cc2ccco2)C1=O)NCc1ccc2c(c1)OCO2. The van der Waals surface area contributed by atoms with E-state index >= 15 is 0 Å². The molecule has 0 spiro atoms. The van der Waals surface area contributed by atoms with E-state index in [-0.39, 0.29) is 38.0 Å². The second kappa shape index (κ2) is 7.63. The maximum Gasteiger partial charge on any atom is 0.325 e. The highest BCUT2D eigenvalue weighted by Crippen LogP contribution is 2.32. The molecule has 9 nitrogen and oxygen atoms in total. The Bertz CT molecular complexity index is 895. The summed E-state index contributed by atoms with van der Waals surface area (Å²) in [5, 5.41) is 5.41. The van der Waals surface area contributed by atoms with E-state index in [4.69, 9.17) is 13.9 Å². The number of nitrogens with one attached hydrogen (secondary N) is 2. The molecule has 2 aliphatic rings. The molecule has 1 unspecified atom stereocenters. The summed E-state index contributed by atoms with van der Waals surface area (Å²) in [5.41, 5.74) is 0.882. The number of carbonyl (C=O) groups is 3. The van der Waals surface area contributed by atoms with Crippen LogP contribution in [0.3, 0.4) is 0 Å². The predicted octanol–water partition coefficient (Wildman–Crippen LogP) is 1.53. The van der Waals surface area contributed by atoms with Crippen LogP contribution in [0, 0.1) is 0 Å². The number of nitrogens with zero attached hydrogens (tertiary/aromatic N) is 1. The molecule has 1 saturated heterocycles. The molecule has 0 saturated carbocycles. The van der Waals surface area contributed by atoms with Crippen molar-refractivity contribution in [3.63, 3.8) is 0 Å². The lowest BCUT2D eigenvalue weighted by Gasteiger charge is -2.11. The van der Waals surface area contributed by atoms with Crippen LogP contribution >= 0.6 is 0 Å². The van der Waals surface area contributed by atoms with E-state index in [0.717, 1.165) is 10.5 Å². The van der Waals surface area contributed by atoms with E-state index in [9.17, 15) is 14.4 Å². The Balaban J connectivity index is 1.24. The van der Waals surface area contributed by atoms with Gasteiger partial charge in [-0.25, -0.2) is 4.79 Å². The van der Waals surface area contributed by atoms with Crippen molar-refractivity contribution in [2.45, 2.75) is 32.0 Å². The number of ether oxygens (including phenoxy) is 2. The van der Waals surface area contributed by atoms with Crippen LogP contribution in [0.4, 0.5) is 4.79 Å². The van der Waals surface area contributed by atoms with Gasteiger partial charge in [0.05, 0.1) is 12.8 Å². The zero-order valence-corrected chi connectivity index (χ0v) is 15.0. The van der Waals surface area contributed by atoms with Gasteiger partial charge in [-0.15, -0.1) is 0 Å². The summed E-state index contributed by atoms with van der Waals surface area (Å²) >= 11 is 0. The predicted molar refractivity (Wildman–Crippen MR) is 95.2 cm³/mol. The topological polar surface area (TPSA) is 110 Å². The quantitative estimate of drug-likeness (QED) is 0.700. The van der Waals surface area contributed by atoms with Gasteiger partial charge < -0.3 is 24.5 Å². The minimum atomic E-state index is -0.709. The Hall–Kier alpha value is -3.49. The summed E-state index contributed by atoms with van der Waals surface area (Å²) in [6.07, 6.45) is 1.83. The van der Waals surface area contributed by atoms with E-state index in [1.807, 2.05) is 12.1 Å². The Labute approximate surface area is 160 Å². The molecule has 0 aliphatic carbocycles. The van der Waals surface area contributed by atoms with Gasteiger partial charge in [0.15, 0.2) is 11.5 Å². The van der Waals surface area contributed by atoms with Crippen molar-refractivity contribution in [2.24, 2.45) is 0 Å². The number of urea groups is 1. The third-order valence-electron chi connectivity index (χ3n) is 4.59. The average Bonchev–Trinajstić information content (AvgIpc) is 3.42. The van der Waals surface area contributed by atoms with Crippen LogP contribution in [0.2, 0.25) is 0 Å². The van der Waals surface area contributed by atoms with E-state index in [1.165, 1.54) is 6.26 Å². The minimum absolute atomic E-state index is 0.0739. The molecule has 2 aromatic rings. The van der Waals surface area contributed by atoms with E-state index < -0.39 is 12.1 Å². The first-order valence-electron chi connectivity index (χ1n) is 8.89. The van der Waals surface area contributed by atoms with Crippen molar-refractivity contribution < 1.29 is 28.3 Å². The molecule has 0 bridgehead atoms. The fraction of sp³-hybridized carbons (Fsp3) is 0.316. The van der Waals surface area contributed by atoms with Crippen LogP contribution in [0.15, 0.2) is 41.0 Å². The molecular formula is C19H19N3O6. The van der Waals surface area contributed by atoms with Gasteiger partial charge in [-0.05, 0) is 36.2 Å². The highest BCUT2D eigenvalue weighted by atomic mass is 16.7. The van der Waals surface area contributed by atoms with Crippen LogP contribution in [0.5, 0.6) is 11.5 Å². The average molecular weight is 385 g/mol. The number of imide groups is 1. The van der Waals surface area contributed by atoms with Crippen molar-refractivity contribution in [3.05, 3.63) is 47.9 Å². The minimum Gasteiger partial charge on any atom is -0.467 e. The first kappa shape index (κ1) is 17.9. The van der Waals surface area contributed by atoms with Crippen LogP contribution in [0.1, 0.15) is 24.2 Å². The summed E-state index contributed by atoms with van der Waals surface area (Å²) in [6.45, 7) is 0.610. The van der Waals surface area contributed by atoms with Crippen molar-refractivity contribution in [1.29, 1.82) is 0 Å². The highest BCUT2D eigenvalue weighted by Gasteiger charge is 2.38. The van der Waals surface area contributed by atoms with Gasteiger partial charge in [0.1, 0.15) is 11.8 Å². The monoisotopic (exact) mass is 385 g/mol. The summed E-state index contributed by atoms with van der Waals surface area (Å²) < 4.78 is 15.7. The zero-order valence-electron chi connectivity index (χ0n) is 15.0. The lowest BCUT2D eigenvalue weighted by molar-refractivity contribution is -0.128. The molecular weight excluding hydrogens is 366 g/mol. The Morgan fingerprint density at radius 2 is 2.07 bits per heavy atom. The van der Waals surface area contributed by atoms with Crippen molar-refractivity contribution >= 4 is 17.8 Å². The second-order valence-electron chi connectivity index (χ2n) is 6.51. The molecule has 1 aromatic carbocycles. The molecule has 28 heavy (non-hydrogen) atoms. The molecule has 9 heteroatoms. The third-order valence-corrected chi connectivity index (χ3v) is 4.59. The standard InChI is InChI=1S/C19H19N3O6/c23-17(20-9-12-3-5-15-16(8-12)28-11-27-15)6-4-14-18(24)22(19(25)21-14)10-13-2-1-7-26-13/h1-3,5,7-8,14H,4,6,9-11H2,(H,20,23)(H,21,25). The third kappa shape index (κ3) is 3.78. The first-order chi connectivity index (χ1) is 13.6. The summed E-state index contributed by atoms with van der Waals surface area (Å²) in [6, 6.07) is 7.65.